The fourth-order valence-corrected chi connectivity index (χ4v) is 7.23. The first-order valence-electron chi connectivity index (χ1n) is 23.8. The summed E-state index contributed by atoms with van der Waals surface area (Å²) in [5.74, 6) is -0.328. The molecule has 0 radical (unpaired) electrons. The second kappa shape index (κ2) is 44.3. The standard InChI is InChI=1S/C49H93NO4/c1-3-5-7-9-11-13-15-17-19-21-22-23-24-25-27-28-30-32-34-36-38-40-42-46(52)44-49(54)50-47(45-51)48(53)43-41-39-37-35-33-31-29-26-20-18-16-14-12-10-8-6-4-2/h25,27,33,35,41,43,46-48,51-53H,3-24,26,28-32,34,36-40,42,44-45H2,1-2H3,(H,50,54)/b27-25-,35-33+,43-41+. The molecule has 0 aliphatic carbocycles. The molecule has 5 heteroatoms. The van der Waals surface area contributed by atoms with E-state index in [-0.39, 0.29) is 18.9 Å². The molecule has 0 heterocycles. The fourth-order valence-electron chi connectivity index (χ4n) is 7.23. The van der Waals surface area contributed by atoms with Gasteiger partial charge in [-0.15, -0.1) is 0 Å². The first-order valence-corrected chi connectivity index (χ1v) is 23.8. The quantitative estimate of drug-likeness (QED) is 0.0368. The van der Waals surface area contributed by atoms with E-state index in [4.69, 9.17) is 0 Å². The van der Waals surface area contributed by atoms with Gasteiger partial charge in [0.15, 0.2) is 0 Å². The second-order valence-corrected chi connectivity index (χ2v) is 16.4. The van der Waals surface area contributed by atoms with Gasteiger partial charge >= 0.3 is 0 Å². The maximum atomic E-state index is 12.5. The molecule has 4 N–H and O–H groups in total. The molecule has 0 bridgehead atoms. The fraction of sp³-hybridized carbons (Fsp3) is 0.857. The monoisotopic (exact) mass is 760 g/mol. The number of hydrogen-bond acceptors (Lipinski definition) is 4. The lowest BCUT2D eigenvalue weighted by atomic mass is 10.0. The predicted octanol–water partition coefficient (Wildman–Crippen LogP) is 13.9. The van der Waals surface area contributed by atoms with Crippen LogP contribution in [0, 0.1) is 0 Å². The zero-order valence-corrected chi connectivity index (χ0v) is 36.1. The highest BCUT2D eigenvalue weighted by molar-refractivity contribution is 5.76. The summed E-state index contributed by atoms with van der Waals surface area (Å²) in [6.07, 6.45) is 55.8. The Bertz CT molecular complexity index is 840. The average Bonchev–Trinajstić information content (AvgIpc) is 3.16. The molecule has 54 heavy (non-hydrogen) atoms. The first-order chi connectivity index (χ1) is 26.5. The van der Waals surface area contributed by atoms with E-state index in [9.17, 15) is 20.1 Å². The zero-order valence-electron chi connectivity index (χ0n) is 36.1. The van der Waals surface area contributed by atoms with Crippen molar-refractivity contribution in [1.29, 1.82) is 0 Å². The van der Waals surface area contributed by atoms with E-state index in [1.165, 1.54) is 186 Å². The van der Waals surface area contributed by atoms with Crippen LogP contribution >= 0.6 is 0 Å². The molecule has 0 saturated carbocycles. The Kier molecular flexibility index (Phi) is 43.1. The number of hydrogen-bond donors (Lipinski definition) is 4. The van der Waals surface area contributed by atoms with Crippen molar-refractivity contribution in [1.82, 2.24) is 5.32 Å². The number of aliphatic hydroxyl groups excluding tert-OH is 3. The summed E-state index contributed by atoms with van der Waals surface area (Å²) in [7, 11) is 0. The normalized spacial score (nSPS) is 13.8. The molecule has 3 unspecified atom stereocenters. The highest BCUT2D eigenvalue weighted by Crippen LogP contribution is 2.15. The summed E-state index contributed by atoms with van der Waals surface area (Å²) < 4.78 is 0. The van der Waals surface area contributed by atoms with Gasteiger partial charge in [-0.2, -0.15) is 0 Å². The Hall–Kier alpha value is -1.43. The Morgan fingerprint density at radius 3 is 1.19 bits per heavy atom. The van der Waals surface area contributed by atoms with Crippen molar-refractivity contribution in [3.05, 3.63) is 36.5 Å². The Morgan fingerprint density at radius 2 is 0.796 bits per heavy atom. The first kappa shape index (κ1) is 52.6. The molecule has 3 atom stereocenters. The maximum absolute atomic E-state index is 12.5. The number of aliphatic hydroxyl groups is 3. The summed E-state index contributed by atoms with van der Waals surface area (Å²) in [4.78, 5) is 12.5. The molecule has 318 valence electrons. The summed E-state index contributed by atoms with van der Waals surface area (Å²) in [5.41, 5.74) is 0. The molecular formula is C49H93NO4. The molecule has 0 aromatic rings. The minimum absolute atomic E-state index is 0.00242. The van der Waals surface area contributed by atoms with E-state index >= 15 is 0 Å². The number of carbonyl (C=O) groups excluding carboxylic acids is 1. The minimum Gasteiger partial charge on any atom is -0.394 e. The van der Waals surface area contributed by atoms with Gasteiger partial charge in [-0.25, -0.2) is 0 Å². The summed E-state index contributed by atoms with van der Waals surface area (Å²) in [6, 6.07) is -0.762. The lowest BCUT2D eigenvalue weighted by molar-refractivity contribution is -0.124. The third-order valence-corrected chi connectivity index (χ3v) is 10.9. The zero-order chi connectivity index (χ0) is 39.4. The van der Waals surface area contributed by atoms with Gasteiger partial charge in [0, 0.05) is 0 Å². The van der Waals surface area contributed by atoms with Gasteiger partial charge in [-0.3, -0.25) is 4.79 Å². The minimum atomic E-state index is -0.953. The van der Waals surface area contributed by atoms with E-state index in [1.807, 2.05) is 6.08 Å². The van der Waals surface area contributed by atoms with Crippen molar-refractivity contribution >= 4 is 5.91 Å². The molecule has 0 aliphatic heterocycles. The maximum Gasteiger partial charge on any atom is 0.222 e. The van der Waals surface area contributed by atoms with E-state index < -0.39 is 18.2 Å². The van der Waals surface area contributed by atoms with Crippen molar-refractivity contribution in [2.45, 2.75) is 263 Å². The molecule has 0 fully saturated rings. The van der Waals surface area contributed by atoms with Gasteiger partial charge in [0.1, 0.15) is 0 Å². The Morgan fingerprint density at radius 1 is 0.463 bits per heavy atom. The second-order valence-electron chi connectivity index (χ2n) is 16.4. The predicted molar refractivity (Wildman–Crippen MR) is 236 cm³/mol. The van der Waals surface area contributed by atoms with Crippen LogP contribution in [-0.4, -0.2) is 46.1 Å². The number of amides is 1. The van der Waals surface area contributed by atoms with Crippen LogP contribution in [0.2, 0.25) is 0 Å². The van der Waals surface area contributed by atoms with Crippen molar-refractivity contribution in [2.75, 3.05) is 6.61 Å². The van der Waals surface area contributed by atoms with Crippen molar-refractivity contribution < 1.29 is 20.1 Å². The van der Waals surface area contributed by atoms with Gasteiger partial charge in [0.05, 0.1) is 31.3 Å². The van der Waals surface area contributed by atoms with Crippen LogP contribution in [-0.2, 0) is 4.79 Å². The number of carbonyl (C=O) groups is 1. The van der Waals surface area contributed by atoms with Gasteiger partial charge in [0.2, 0.25) is 5.91 Å². The van der Waals surface area contributed by atoms with Crippen molar-refractivity contribution in [3.63, 3.8) is 0 Å². The summed E-state index contributed by atoms with van der Waals surface area (Å²) in [5, 5.41) is 33.3. The summed E-state index contributed by atoms with van der Waals surface area (Å²) >= 11 is 0. The number of rotatable bonds is 43. The van der Waals surface area contributed by atoms with E-state index in [2.05, 4.69) is 43.5 Å². The molecule has 0 aromatic carbocycles. The third kappa shape index (κ3) is 40.2. The lowest BCUT2D eigenvalue weighted by Gasteiger charge is -2.21. The molecule has 0 spiro atoms. The van der Waals surface area contributed by atoms with Gasteiger partial charge in [0.25, 0.3) is 0 Å². The highest BCUT2D eigenvalue weighted by atomic mass is 16.3. The Labute approximate surface area is 336 Å². The van der Waals surface area contributed by atoms with E-state index in [0.717, 1.165) is 32.1 Å². The van der Waals surface area contributed by atoms with E-state index in [0.29, 0.717) is 6.42 Å². The van der Waals surface area contributed by atoms with Gasteiger partial charge < -0.3 is 20.6 Å². The molecule has 1 amide bonds. The van der Waals surface area contributed by atoms with Crippen LogP contribution in [0.5, 0.6) is 0 Å². The average molecular weight is 760 g/mol. The van der Waals surface area contributed by atoms with Crippen LogP contribution in [0.1, 0.15) is 245 Å². The third-order valence-electron chi connectivity index (χ3n) is 10.9. The van der Waals surface area contributed by atoms with Crippen LogP contribution in [0.25, 0.3) is 0 Å². The molecule has 5 nitrogen and oxygen atoms in total. The van der Waals surface area contributed by atoms with Gasteiger partial charge in [-0.1, -0.05) is 217 Å². The summed E-state index contributed by atoms with van der Waals surface area (Å²) in [6.45, 7) is 4.21. The molecule has 0 aromatic heterocycles. The largest absolute Gasteiger partial charge is 0.394 e. The van der Waals surface area contributed by atoms with Gasteiger partial charge in [-0.05, 0) is 57.8 Å². The number of allylic oxidation sites excluding steroid dienone is 5. The van der Waals surface area contributed by atoms with Crippen molar-refractivity contribution in [2.24, 2.45) is 0 Å². The van der Waals surface area contributed by atoms with Crippen LogP contribution in [0.4, 0.5) is 0 Å². The highest BCUT2D eigenvalue weighted by Gasteiger charge is 2.20. The smallest absolute Gasteiger partial charge is 0.222 e. The molecule has 0 aliphatic rings. The lowest BCUT2D eigenvalue weighted by Crippen LogP contribution is -2.45. The van der Waals surface area contributed by atoms with Crippen LogP contribution in [0.15, 0.2) is 36.5 Å². The number of unbranched alkanes of at least 4 members (excludes halogenated alkanes) is 30. The topological polar surface area (TPSA) is 89.8 Å². The molecule has 0 rings (SSSR count). The number of nitrogens with one attached hydrogen (secondary N) is 1. The van der Waals surface area contributed by atoms with Crippen molar-refractivity contribution in [3.8, 4) is 0 Å². The molecule has 0 saturated heterocycles. The van der Waals surface area contributed by atoms with Crippen LogP contribution < -0.4 is 5.32 Å². The Balaban J connectivity index is 3.67. The SMILES string of the molecule is CCCCCCCCCCCCC/C=C/CC/C=C/C(O)C(CO)NC(=O)CC(O)CCCCCCCC/C=C\CCCCCCCCCCCCCC. The van der Waals surface area contributed by atoms with Crippen LogP contribution in [0.3, 0.4) is 0 Å². The molecular weight excluding hydrogens is 667 g/mol. The van der Waals surface area contributed by atoms with E-state index in [1.54, 1.807) is 6.08 Å².